The molecule has 108 valence electrons. The number of anilines is 2. The average Bonchev–Trinajstić information content (AvgIpc) is 2.36. The fourth-order valence-corrected chi connectivity index (χ4v) is 1.58. The Morgan fingerprint density at radius 2 is 1.70 bits per heavy atom. The molecule has 0 spiro atoms. The average molecular weight is 277 g/mol. The Balaban J connectivity index is 2.49. The van der Waals surface area contributed by atoms with Gasteiger partial charge in [0.05, 0.1) is 6.54 Å². The van der Waals surface area contributed by atoms with Crippen LogP contribution < -0.4 is 16.0 Å². The van der Waals surface area contributed by atoms with Crippen LogP contribution in [0.15, 0.2) is 24.3 Å². The van der Waals surface area contributed by atoms with Crippen molar-refractivity contribution in [2.75, 3.05) is 17.2 Å². The Hall–Kier alpha value is -2.37. The lowest BCUT2D eigenvalue weighted by Crippen LogP contribution is -2.32. The zero-order valence-electron chi connectivity index (χ0n) is 11.7. The van der Waals surface area contributed by atoms with E-state index in [1.54, 1.807) is 24.3 Å². The van der Waals surface area contributed by atoms with Crippen molar-refractivity contribution < 1.29 is 14.4 Å². The number of hydrogen-bond acceptors (Lipinski definition) is 3. The summed E-state index contributed by atoms with van der Waals surface area (Å²) in [7, 11) is 0. The van der Waals surface area contributed by atoms with Gasteiger partial charge in [0.2, 0.25) is 17.7 Å². The number of benzene rings is 1. The van der Waals surface area contributed by atoms with E-state index in [-0.39, 0.29) is 24.3 Å². The van der Waals surface area contributed by atoms with Crippen molar-refractivity contribution in [1.29, 1.82) is 0 Å². The monoisotopic (exact) mass is 277 g/mol. The van der Waals surface area contributed by atoms with Crippen molar-refractivity contribution in [3.05, 3.63) is 24.3 Å². The first-order valence-electron chi connectivity index (χ1n) is 6.45. The fraction of sp³-hybridized carbons (Fsp3) is 0.357. The van der Waals surface area contributed by atoms with Gasteiger partial charge >= 0.3 is 0 Å². The van der Waals surface area contributed by atoms with Crippen molar-refractivity contribution in [2.45, 2.75) is 26.7 Å². The van der Waals surface area contributed by atoms with Crippen molar-refractivity contribution in [1.82, 2.24) is 5.32 Å². The van der Waals surface area contributed by atoms with Crippen LogP contribution in [0, 0.1) is 0 Å². The van der Waals surface area contributed by atoms with Crippen LogP contribution in [0.5, 0.6) is 0 Å². The van der Waals surface area contributed by atoms with Gasteiger partial charge in [-0.25, -0.2) is 0 Å². The molecule has 1 aromatic rings. The van der Waals surface area contributed by atoms with Gasteiger partial charge in [0.15, 0.2) is 0 Å². The number of carbonyl (C=O) groups excluding carboxylic acids is 3. The van der Waals surface area contributed by atoms with E-state index in [0.29, 0.717) is 17.8 Å². The third-order valence-electron chi connectivity index (χ3n) is 2.39. The summed E-state index contributed by atoms with van der Waals surface area (Å²) < 4.78 is 0. The maximum atomic E-state index is 11.6. The highest BCUT2D eigenvalue weighted by atomic mass is 16.2. The Bertz CT molecular complexity index is 500. The van der Waals surface area contributed by atoms with E-state index in [0.717, 1.165) is 6.42 Å². The predicted octanol–water partition coefficient (Wildman–Crippen LogP) is 1.50. The maximum absolute atomic E-state index is 11.6. The molecule has 0 unspecified atom stereocenters. The zero-order valence-corrected chi connectivity index (χ0v) is 11.7. The standard InChI is InChI=1S/C14H19N3O3/c1-3-5-13(19)15-9-14(20)17-12-7-4-6-11(8-12)16-10(2)18/h4,6-8H,3,5,9H2,1-2H3,(H,15,19)(H,16,18)(H,17,20). The molecule has 3 amide bonds. The van der Waals surface area contributed by atoms with Crippen LogP contribution in [0.1, 0.15) is 26.7 Å². The molecule has 0 aliphatic rings. The molecule has 0 aliphatic carbocycles. The lowest BCUT2D eigenvalue weighted by Gasteiger charge is -2.08. The van der Waals surface area contributed by atoms with Gasteiger partial charge in [0, 0.05) is 24.7 Å². The topological polar surface area (TPSA) is 87.3 Å². The summed E-state index contributed by atoms with van der Waals surface area (Å²) in [6, 6.07) is 6.79. The van der Waals surface area contributed by atoms with E-state index in [1.807, 2.05) is 6.92 Å². The molecule has 3 N–H and O–H groups in total. The van der Waals surface area contributed by atoms with Crippen molar-refractivity contribution in [3.63, 3.8) is 0 Å². The molecule has 0 fully saturated rings. The van der Waals surface area contributed by atoms with E-state index in [1.165, 1.54) is 6.92 Å². The number of amides is 3. The van der Waals surface area contributed by atoms with Gasteiger partial charge in [-0.05, 0) is 24.6 Å². The van der Waals surface area contributed by atoms with Gasteiger partial charge in [-0.2, -0.15) is 0 Å². The summed E-state index contributed by atoms with van der Waals surface area (Å²) in [4.78, 5) is 33.8. The SMILES string of the molecule is CCCC(=O)NCC(=O)Nc1cccc(NC(C)=O)c1. The van der Waals surface area contributed by atoms with Crippen molar-refractivity contribution in [3.8, 4) is 0 Å². The second kappa shape index (κ2) is 7.93. The maximum Gasteiger partial charge on any atom is 0.243 e. The summed E-state index contributed by atoms with van der Waals surface area (Å²) >= 11 is 0. The van der Waals surface area contributed by atoms with Crippen LogP contribution in [0.4, 0.5) is 11.4 Å². The molecule has 0 saturated carbocycles. The van der Waals surface area contributed by atoms with Crippen LogP contribution >= 0.6 is 0 Å². The van der Waals surface area contributed by atoms with Gasteiger partial charge in [-0.15, -0.1) is 0 Å². The van der Waals surface area contributed by atoms with Gasteiger partial charge in [-0.1, -0.05) is 13.0 Å². The molecule has 0 aromatic heterocycles. The second-order valence-corrected chi connectivity index (χ2v) is 4.34. The predicted molar refractivity (Wildman–Crippen MR) is 77.3 cm³/mol. The summed E-state index contributed by atoms with van der Waals surface area (Å²) in [6.45, 7) is 3.24. The van der Waals surface area contributed by atoms with Gasteiger partial charge < -0.3 is 16.0 Å². The van der Waals surface area contributed by atoms with Crippen molar-refractivity contribution >= 4 is 29.1 Å². The summed E-state index contributed by atoms with van der Waals surface area (Å²) in [6.07, 6.45) is 1.15. The molecule has 0 saturated heterocycles. The first-order chi connectivity index (χ1) is 9.51. The quantitative estimate of drug-likeness (QED) is 0.736. The number of rotatable bonds is 6. The van der Waals surface area contributed by atoms with E-state index in [4.69, 9.17) is 0 Å². The van der Waals surface area contributed by atoms with Crippen LogP contribution in [-0.2, 0) is 14.4 Å². The largest absolute Gasteiger partial charge is 0.347 e. The van der Waals surface area contributed by atoms with Crippen LogP contribution in [0.3, 0.4) is 0 Å². The third kappa shape index (κ3) is 5.99. The van der Waals surface area contributed by atoms with Gasteiger partial charge in [-0.3, -0.25) is 14.4 Å². The van der Waals surface area contributed by atoms with Crippen LogP contribution in [0.25, 0.3) is 0 Å². The van der Waals surface area contributed by atoms with E-state index in [2.05, 4.69) is 16.0 Å². The first kappa shape index (κ1) is 15.7. The molecule has 0 aliphatic heterocycles. The molecule has 20 heavy (non-hydrogen) atoms. The molecular formula is C14H19N3O3. The minimum atomic E-state index is -0.311. The Morgan fingerprint density at radius 1 is 1.05 bits per heavy atom. The first-order valence-corrected chi connectivity index (χ1v) is 6.45. The van der Waals surface area contributed by atoms with Crippen LogP contribution in [-0.4, -0.2) is 24.3 Å². The highest BCUT2D eigenvalue weighted by molar-refractivity contribution is 5.95. The Labute approximate surface area is 117 Å². The molecule has 0 atom stereocenters. The molecule has 1 rings (SSSR count). The molecule has 0 radical (unpaired) electrons. The van der Waals surface area contributed by atoms with Crippen molar-refractivity contribution in [2.24, 2.45) is 0 Å². The molecular weight excluding hydrogens is 258 g/mol. The van der Waals surface area contributed by atoms with Gasteiger partial charge in [0.1, 0.15) is 0 Å². The number of nitrogens with one attached hydrogen (secondary N) is 3. The van der Waals surface area contributed by atoms with Crippen LogP contribution in [0.2, 0.25) is 0 Å². The highest BCUT2D eigenvalue weighted by Gasteiger charge is 2.05. The lowest BCUT2D eigenvalue weighted by molar-refractivity contribution is -0.124. The normalized spacial score (nSPS) is 9.70. The third-order valence-corrected chi connectivity index (χ3v) is 2.39. The molecule has 1 aromatic carbocycles. The number of hydrogen-bond donors (Lipinski definition) is 3. The molecule has 6 heteroatoms. The summed E-state index contributed by atoms with van der Waals surface area (Å²) in [5, 5.41) is 7.80. The van der Waals surface area contributed by atoms with Gasteiger partial charge in [0.25, 0.3) is 0 Å². The molecule has 0 bridgehead atoms. The fourth-order valence-electron chi connectivity index (χ4n) is 1.58. The number of carbonyl (C=O) groups is 3. The minimum Gasteiger partial charge on any atom is -0.347 e. The molecule has 6 nitrogen and oxygen atoms in total. The highest BCUT2D eigenvalue weighted by Crippen LogP contribution is 2.14. The lowest BCUT2D eigenvalue weighted by atomic mass is 10.2. The van der Waals surface area contributed by atoms with E-state index in [9.17, 15) is 14.4 Å². The minimum absolute atomic E-state index is 0.0663. The zero-order chi connectivity index (χ0) is 15.0. The summed E-state index contributed by atoms with van der Waals surface area (Å²) in [5.74, 6) is -0.635. The Kier molecular flexibility index (Phi) is 6.22. The molecule has 0 heterocycles. The van der Waals surface area contributed by atoms with E-state index >= 15 is 0 Å². The smallest absolute Gasteiger partial charge is 0.243 e. The Morgan fingerprint density at radius 3 is 2.30 bits per heavy atom. The second-order valence-electron chi connectivity index (χ2n) is 4.34. The summed E-state index contributed by atoms with van der Waals surface area (Å²) in [5.41, 5.74) is 1.16. The van der Waals surface area contributed by atoms with E-state index < -0.39 is 0 Å².